The van der Waals surface area contributed by atoms with Crippen LogP contribution in [0, 0.1) is 0 Å². The Labute approximate surface area is 210 Å². The molecule has 186 valence electrons. The number of methoxy groups -OCH3 is 1. The number of aliphatic hydroxyl groups excluding tert-OH is 1. The average Bonchev–Trinajstić information content (AvgIpc) is 2.82. The Morgan fingerprint density at radius 1 is 0.879 bits per heavy atom. The molecule has 0 radical (unpaired) electrons. The molecular formula is C25H38Cl2N2O4. The molecule has 2 aromatic carbocycles. The first-order chi connectivity index (χ1) is 15.2. The molecule has 0 saturated carbocycles. The first-order valence-corrected chi connectivity index (χ1v) is 11.5. The highest BCUT2D eigenvalue weighted by molar-refractivity contribution is 5.39. The lowest BCUT2D eigenvalue weighted by atomic mass is 10.1. The van der Waals surface area contributed by atoms with Gasteiger partial charge in [0.05, 0.1) is 19.8 Å². The van der Waals surface area contributed by atoms with E-state index in [1.54, 1.807) is 12.0 Å². The molecule has 6 nitrogen and oxygen atoms in total. The van der Waals surface area contributed by atoms with Crippen molar-refractivity contribution >= 4 is 0 Å². The van der Waals surface area contributed by atoms with Gasteiger partial charge in [-0.15, -0.1) is 0 Å². The molecule has 0 aromatic heterocycles. The van der Waals surface area contributed by atoms with Crippen LogP contribution in [-0.2, 0) is 4.74 Å². The highest BCUT2D eigenvalue weighted by atomic mass is 35.5. The molecule has 1 aliphatic heterocycles. The van der Waals surface area contributed by atoms with Crippen LogP contribution in [-0.4, -0.2) is 70.8 Å². The van der Waals surface area contributed by atoms with Crippen LogP contribution in [0.25, 0.3) is 0 Å². The van der Waals surface area contributed by atoms with Crippen molar-refractivity contribution in [2.75, 3.05) is 59.6 Å². The largest absolute Gasteiger partial charge is 1.00 e. The van der Waals surface area contributed by atoms with Crippen molar-refractivity contribution in [1.82, 2.24) is 0 Å². The Morgan fingerprint density at radius 3 is 2.12 bits per heavy atom. The lowest BCUT2D eigenvalue weighted by Gasteiger charge is -2.31. The second kappa shape index (κ2) is 16.1. The molecular weight excluding hydrogens is 463 g/mol. The van der Waals surface area contributed by atoms with Crippen molar-refractivity contribution < 1.29 is 53.9 Å². The third-order valence-electron chi connectivity index (χ3n) is 5.99. The predicted octanol–water partition coefficient (Wildman–Crippen LogP) is -5.61. The van der Waals surface area contributed by atoms with E-state index < -0.39 is 6.10 Å². The summed E-state index contributed by atoms with van der Waals surface area (Å²) in [5, 5.41) is 10.4. The molecule has 1 aliphatic rings. The number of hydrogen-bond donors (Lipinski definition) is 3. The molecule has 2 unspecified atom stereocenters. The van der Waals surface area contributed by atoms with Gasteiger partial charge >= 0.3 is 0 Å². The minimum Gasteiger partial charge on any atom is -1.00 e. The molecule has 2 atom stereocenters. The number of halogens is 2. The van der Waals surface area contributed by atoms with Crippen molar-refractivity contribution in [3.8, 4) is 11.5 Å². The second-order valence-corrected chi connectivity index (χ2v) is 8.21. The standard InChI is InChI=1S/C25H36N2O4.2ClH/c1-3-30-23(21-9-5-4-6-10-21)13-14-26-15-17-27(18-16-26)19-22(28)20-31-25-12-8-7-11-24(25)29-2;;/h4-12,22-23,28H,3,13-20H2,1-2H3;2*1H. The Hall–Kier alpha value is -1.54. The van der Waals surface area contributed by atoms with Gasteiger partial charge in [-0.1, -0.05) is 42.5 Å². The third kappa shape index (κ3) is 9.69. The Morgan fingerprint density at radius 2 is 1.48 bits per heavy atom. The van der Waals surface area contributed by atoms with E-state index in [1.165, 1.54) is 10.5 Å². The topological polar surface area (TPSA) is 56.8 Å². The van der Waals surface area contributed by atoms with Crippen molar-refractivity contribution in [2.45, 2.75) is 25.6 Å². The maximum atomic E-state index is 10.4. The summed E-state index contributed by atoms with van der Waals surface area (Å²) in [6.45, 7) is 9.33. The number of para-hydroxylation sites is 2. The number of ether oxygens (including phenoxy) is 3. The van der Waals surface area contributed by atoms with E-state index in [2.05, 4.69) is 37.3 Å². The average molecular weight is 501 g/mol. The smallest absolute Gasteiger partial charge is 0.161 e. The first-order valence-electron chi connectivity index (χ1n) is 11.5. The van der Waals surface area contributed by atoms with Crippen LogP contribution in [0.3, 0.4) is 0 Å². The number of piperazine rings is 1. The maximum absolute atomic E-state index is 10.4. The minimum atomic E-state index is -0.484. The molecule has 3 N–H and O–H groups in total. The van der Waals surface area contributed by atoms with Crippen molar-refractivity contribution in [2.24, 2.45) is 0 Å². The summed E-state index contributed by atoms with van der Waals surface area (Å²) in [4.78, 5) is 3.08. The van der Waals surface area contributed by atoms with Gasteiger partial charge in [0.1, 0.15) is 45.4 Å². The molecule has 1 fully saturated rings. The zero-order valence-electron chi connectivity index (χ0n) is 19.6. The predicted molar refractivity (Wildman–Crippen MR) is 121 cm³/mol. The minimum absolute atomic E-state index is 0. The molecule has 3 rings (SSSR count). The highest BCUT2D eigenvalue weighted by Gasteiger charge is 2.26. The molecule has 1 saturated heterocycles. The Bertz CT molecular complexity index is 761. The SMILES string of the molecule is CCOC(CC[NH+]1CC[NH+](CC(O)COc2ccccc2OC)CC1)c1ccccc1.[Cl-].[Cl-]. The number of aliphatic hydroxyl groups is 1. The van der Waals surface area contributed by atoms with E-state index in [0.717, 1.165) is 45.8 Å². The normalized spacial score (nSPS) is 19.5. The fourth-order valence-corrected chi connectivity index (χ4v) is 4.28. The zero-order chi connectivity index (χ0) is 21.9. The molecule has 2 aromatic rings. The number of nitrogens with one attached hydrogen (secondary N) is 2. The second-order valence-electron chi connectivity index (χ2n) is 8.21. The highest BCUT2D eigenvalue weighted by Crippen LogP contribution is 2.25. The van der Waals surface area contributed by atoms with Crippen LogP contribution >= 0.6 is 0 Å². The molecule has 1 heterocycles. The number of benzene rings is 2. The number of quaternary nitrogens is 2. The lowest BCUT2D eigenvalue weighted by molar-refractivity contribution is -1.01. The van der Waals surface area contributed by atoms with E-state index in [0.29, 0.717) is 18.0 Å². The van der Waals surface area contributed by atoms with Crippen molar-refractivity contribution in [3.05, 3.63) is 60.2 Å². The summed E-state index contributed by atoms with van der Waals surface area (Å²) < 4.78 is 17.1. The summed E-state index contributed by atoms with van der Waals surface area (Å²) in [6.07, 6.45) is 0.734. The van der Waals surface area contributed by atoms with Gasteiger partial charge in [0, 0.05) is 13.0 Å². The zero-order valence-corrected chi connectivity index (χ0v) is 21.2. The van der Waals surface area contributed by atoms with Gasteiger partial charge in [0.25, 0.3) is 0 Å². The van der Waals surface area contributed by atoms with Gasteiger partial charge < -0.3 is 53.9 Å². The van der Waals surface area contributed by atoms with E-state index >= 15 is 0 Å². The van der Waals surface area contributed by atoms with Crippen LogP contribution in [0.4, 0.5) is 0 Å². The summed E-state index contributed by atoms with van der Waals surface area (Å²) in [7, 11) is 1.63. The summed E-state index contributed by atoms with van der Waals surface area (Å²) in [6, 6.07) is 18.1. The number of hydrogen-bond acceptors (Lipinski definition) is 4. The van der Waals surface area contributed by atoms with Gasteiger partial charge in [-0.2, -0.15) is 0 Å². The van der Waals surface area contributed by atoms with E-state index in [4.69, 9.17) is 14.2 Å². The first kappa shape index (κ1) is 29.5. The van der Waals surface area contributed by atoms with Gasteiger partial charge in [-0.3, -0.25) is 0 Å². The third-order valence-corrected chi connectivity index (χ3v) is 5.99. The summed E-state index contributed by atoms with van der Waals surface area (Å²) in [5.74, 6) is 1.37. The molecule has 0 bridgehead atoms. The Kier molecular flexibility index (Phi) is 14.4. The van der Waals surface area contributed by atoms with E-state index in [-0.39, 0.29) is 37.5 Å². The fraction of sp³-hybridized carbons (Fsp3) is 0.520. The monoisotopic (exact) mass is 500 g/mol. The van der Waals surface area contributed by atoms with Gasteiger partial charge in [-0.05, 0) is 24.6 Å². The Balaban J connectivity index is 0.00000272. The molecule has 0 amide bonds. The fourth-order valence-electron chi connectivity index (χ4n) is 4.28. The van der Waals surface area contributed by atoms with Crippen LogP contribution in [0.5, 0.6) is 11.5 Å². The van der Waals surface area contributed by atoms with E-state index in [1.807, 2.05) is 24.3 Å². The molecule has 0 aliphatic carbocycles. The van der Waals surface area contributed by atoms with Gasteiger partial charge in [0.2, 0.25) is 0 Å². The lowest BCUT2D eigenvalue weighted by Crippen LogP contribution is -3.28. The molecule has 33 heavy (non-hydrogen) atoms. The maximum Gasteiger partial charge on any atom is 0.161 e. The van der Waals surface area contributed by atoms with Crippen LogP contribution < -0.4 is 44.1 Å². The number of rotatable bonds is 12. The molecule has 8 heteroatoms. The summed E-state index contributed by atoms with van der Waals surface area (Å²) >= 11 is 0. The summed E-state index contributed by atoms with van der Waals surface area (Å²) in [5.41, 5.74) is 1.27. The van der Waals surface area contributed by atoms with Gasteiger partial charge in [0.15, 0.2) is 11.5 Å². The van der Waals surface area contributed by atoms with Crippen LogP contribution in [0.2, 0.25) is 0 Å². The van der Waals surface area contributed by atoms with Gasteiger partial charge in [-0.25, -0.2) is 0 Å². The van der Waals surface area contributed by atoms with Crippen molar-refractivity contribution in [3.63, 3.8) is 0 Å². The van der Waals surface area contributed by atoms with Crippen LogP contribution in [0.1, 0.15) is 25.0 Å². The van der Waals surface area contributed by atoms with Crippen LogP contribution in [0.15, 0.2) is 54.6 Å². The van der Waals surface area contributed by atoms with Crippen molar-refractivity contribution in [1.29, 1.82) is 0 Å². The van der Waals surface area contributed by atoms with E-state index in [9.17, 15) is 5.11 Å². The molecule has 0 spiro atoms. The quantitative estimate of drug-likeness (QED) is 0.272.